The third-order valence-corrected chi connectivity index (χ3v) is 4.21. The standard InChI is InChI=1S/C22H25N3O3/c1-3-28-17-11-9-16(10-12-17)24-21-15-19(22(26)23-13-6-14-27-2)18-7-4-5-8-20(18)25-21/h4-5,7-12,15H,3,6,13-14H2,1-2H3,(H,23,26)(H,24,25). The number of fused-ring (bicyclic) bond motifs is 1. The maximum atomic E-state index is 12.7. The fraction of sp³-hybridized carbons (Fsp3) is 0.273. The van der Waals surface area contributed by atoms with Crippen molar-refractivity contribution in [1.29, 1.82) is 0 Å². The maximum absolute atomic E-state index is 12.7. The van der Waals surface area contributed by atoms with Crippen molar-refractivity contribution in [2.75, 3.05) is 32.2 Å². The van der Waals surface area contributed by atoms with Gasteiger partial charge in [0.2, 0.25) is 0 Å². The Hall–Kier alpha value is -3.12. The highest BCUT2D eigenvalue weighted by molar-refractivity contribution is 6.07. The van der Waals surface area contributed by atoms with Crippen molar-refractivity contribution in [2.45, 2.75) is 13.3 Å². The van der Waals surface area contributed by atoms with E-state index in [4.69, 9.17) is 9.47 Å². The molecule has 0 saturated carbocycles. The van der Waals surface area contributed by atoms with Gasteiger partial charge in [-0.25, -0.2) is 4.98 Å². The molecular formula is C22H25N3O3. The molecule has 0 aliphatic carbocycles. The first kappa shape index (κ1) is 19.6. The van der Waals surface area contributed by atoms with Gasteiger partial charge in [0.1, 0.15) is 11.6 Å². The summed E-state index contributed by atoms with van der Waals surface area (Å²) in [6, 6.07) is 17.1. The van der Waals surface area contributed by atoms with Crippen molar-refractivity contribution in [2.24, 2.45) is 0 Å². The number of amides is 1. The largest absolute Gasteiger partial charge is 0.494 e. The Kier molecular flexibility index (Phi) is 6.81. The third kappa shape index (κ3) is 4.98. The minimum atomic E-state index is -0.121. The number of benzene rings is 2. The molecule has 0 atom stereocenters. The molecular weight excluding hydrogens is 354 g/mol. The molecule has 146 valence electrons. The summed E-state index contributed by atoms with van der Waals surface area (Å²) in [6.45, 7) is 3.75. The third-order valence-electron chi connectivity index (χ3n) is 4.21. The van der Waals surface area contributed by atoms with E-state index >= 15 is 0 Å². The Labute approximate surface area is 164 Å². The van der Waals surface area contributed by atoms with Gasteiger partial charge < -0.3 is 20.1 Å². The van der Waals surface area contributed by atoms with Crippen LogP contribution in [0.25, 0.3) is 10.9 Å². The molecule has 1 heterocycles. The van der Waals surface area contributed by atoms with Gasteiger partial charge in [-0.15, -0.1) is 0 Å². The Balaban J connectivity index is 1.83. The molecule has 28 heavy (non-hydrogen) atoms. The van der Waals surface area contributed by atoms with Gasteiger partial charge in [0.15, 0.2) is 0 Å². The van der Waals surface area contributed by atoms with Crippen LogP contribution < -0.4 is 15.4 Å². The minimum absolute atomic E-state index is 0.121. The quantitative estimate of drug-likeness (QED) is 0.547. The first-order valence-electron chi connectivity index (χ1n) is 9.38. The molecule has 0 aliphatic rings. The van der Waals surface area contributed by atoms with Crippen LogP contribution in [0, 0.1) is 0 Å². The number of hydrogen-bond donors (Lipinski definition) is 2. The molecule has 0 fully saturated rings. The summed E-state index contributed by atoms with van der Waals surface area (Å²) in [5.41, 5.74) is 2.23. The van der Waals surface area contributed by atoms with Gasteiger partial charge in [-0.1, -0.05) is 18.2 Å². The van der Waals surface area contributed by atoms with E-state index in [-0.39, 0.29) is 5.91 Å². The van der Waals surface area contributed by atoms with Gasteiger partial charge in [-0.2, -0.15) is 0 Å². The predicted octanol–water partition coefficient (Wildman–Crippen LogP) is 4.14. The van der Waals surface area contributed by atoms with Gasteiger partial charge in [-0.05, 0) is 49.7 Å². The average molecular weight is 379 g/mol. The topological polar surface area (TPSA) is 72.5 Å². The molecule has 6 nitrogen and oxygen atoms in total. The first-order valence-corrected chi connectivity index (χ1v) is 9.38. The molecule has 0 spiro atoms. The van der Waals surface area contributed by atoms with E-state index in [1.165, 1.54) is 0 Å². The smallest absolute Gasteiger partial charge is 0.252 e. The van der Waals surface area contributed by atoms with Crippen molar-refractivity contribution in [1.82, 2.24) is 10.3 Å². The zero-order valence-corrected chi connectivity index (χ0v) is 16.2. The van der Waals surface area contributed by atoms with Gasteiger partial charge in [-0.3, -0.25) is 4.79 Å². The van der Waals surface area contributed by atoms with Gasteiger partial charge in [0.05, 0.1) is 17.7 Å². The number of para-hydroxylation sites is 1. The molecule has 6 heteroatoms. The van der Waals surface area contributed by atoms with Crippen molar-refractivity contribution >= 4 is 28.3 Å². The van der Waals surface area contributed by atoms with E-state index in [1.54, 1.807) is 13.2 Å². The van der Waals surface area contributed by atoms with E-state index in [1.807, 2.05) is 55.5 Å². The van der Waals surface area contributed by atoms with Gasteiger partial charge in [0, 0.05) is 31.3 Å². The van der Waals surface area contributed by atoms with Crippen LogP contribution in [0.4, 0.5) is 11.5 Å². The van der Waals surface area contributed by atoms with Crippen molar-refractivity contribution in [3.8, 4) is 5.75 Å². The van der Waals surface area contributed by atoms with E-state index in [9.17, 15) is 4.79 Å². The Morgan fingerprint density at radius 1 is 1.11 bits per heavy atom. The number of rotatable bonds is 9. The van der Waals surface area contributed by atoms with Crippen LogP contribution in [0.2, 0.25) is 0 Å². The second-order valence-electron chi connectivity index (χ2n) is 6.26. The number of pyridine rings is 1. The zero-order chi connectivity index (χ0) is 19.8. The second kappa shape index (κ2) is 9.71. The van der Waals surface area contributed by atoms with Crippen LogP contribution in [-0.4, -0.2) is 37.8 Å². The number of nitrogens with one attached hydrogen (secondary N) is 2. The van der Waals surface area contributed by atoms with Gasteiger partial charge in [0.25, 0.3) is 5.91 Å². The maximum Gasteiger partial charge on any atom is 0.252 e. The lowest BCUT2D eigenvalue weighted by Crippen LogP contribution is -2.25. The highest BCUT2D eigenvalue weighted by Crippen LogP contribution is 2.24. The Bertz CT molecular complexity index is 926. The van der Waals surface area contributed by atoms with E-state index in [2.05, 4.69) is 15.6 Å². The molecule has 0 unspecified atom stereocenters. The van der Waals surface area contributed by atoms with E-state index in [0.29, 0.717) is 31.1 Å². The SMILES string of the molecule is CCOc1ccc(Nc2cc(C(=O)NCCCOC)c3ccccc3n2)cc1. The summed E-state index contributed by atoms with van der Waals surface area (Å²) in [5, 5.41) is 7.04. The minimum Gasteiger partial charge on any atom is -0.494 e. The molecule has 0 bridgehead atoms. The molecule has 2 N–H and O–H groups in total. The number of nitrogens with zero attached hydrogens (tertiary/aromatic N) is 1. The molecule has 1 aromatic heterocycles. The summed E-state index contributed by atoms with van der Waals surface area (Å²) >= 11 is 0. The van der Waals surface area contributed by atoms with E-state index < -0.39 is 0 Å². The summed E-state index contributed by atoms with van der Waals surface area (Å²) in [5.74, 6) is 1.31. The van der Waals surface area contributed by atoms with Crippen LogP contribution >= 0.6 is 0 Å². The van der Waals surface area contributed by atoms with Crippen LogP contribution in [-0.2, 0) is 4.74 Å². The van der Waals surface area contributed by atoms with Crippen LogP contribution in [0.3, 0.4) is 0 Å². The monoisotopic (exact) mass is 379 g/mol. The number of carbonyl (C=O) groups excluding carboxylic acids is 1. The Morgan fingerprint density at radius 3 is 2.64 bits per heavy atom. The van der Waals surface area contributed by atoms with Crippen molar-refractivity contribution < 1.29 is 14.3 Å². The van der Waals surface area contributed by atoms with Crippen LogP contribution in [0.15, 0.2) is 54.6 Å². The van der Waals surface area contributed by atoms with E-state index in [0.717, 1.165) is 28.8 Å². The lowest BCUT2D eigenvalue weighted by atomic mass is 10.1. The summed E-state index contributed by atoms with van der Waals surface area (Å²) in [7, 11) is 1.65. The highest BCUT2D eigenvalue weighted by Gasteiger charge is 2.13. The summed E-state index contributed by atoms with van der Waals surface area (Å²) in [6.07, 6.45) is 0.766. The summed E-state index contributed by atoms with van der Waals surface area (Å²) < 4.78 is 10.5. The fourth-order valence-corrected chi connectivity index (χ4v) is 2.89. The first-order chi connectivity index (χ1) is 13.7. The Morgan fingerprint density at radius 2 is 1.89 bits per heavy atom. The molecule has 0 saturated heterocycles. The van der Waals surface area contributed by atoms with Crippen molar-refractivity contribution in [3.63, 3.8) is 0 Å². The number of aromatic nitrogens is 1. The lowest BCUT2D eigenvalue weighted by molar-refractivity contribution is 0.0950. The highest BCUT2D eigenvalue weighted by atomic mass is 16.5. The molecule has 3 rings (SSSR count). The number of methoxy groups -OCH3 is 1. The van der Waals surface area contributed by atoms with Crippen LogP contribution in [0.5, 0.6) is 5.75 Å². The lowest BCUT2D eigenvalue weighted by Gasteiger charge is -2.12. The molecule has 2 aromatic carbocycles. The number of anilines is 2. The normalized spacial score (nSPS) is 10.6. The predicted molar refractivity (Wildman–Crippen MR) is 111 cm³/mol. The second-order valence-corrected chi connectivity index (χ2v) is 6.26. The molecule has 0 radical (unpaired) electrons. The molecule has 1 amide bonds. The van der Waals surface area contributed by atoms with Crippen molar-refractivity contribution in [3.05, 3.63) is 60.2 Å². The molecule has 3 aromatic rings. The number of carbonyl (C=O) groups is 1. The number of ether oxygens (including phenoxy) is 2. The zero-order valence-electron chi connectivity index (χ0n) is 16.2. The average Bonchev–Trinajstić information content (AvgIpc) is 2.72. The fourth-order valence-electron chi connectivity index (χ4n) is 2.89. The van der Waals surface area contributed by atoms with Gasteiger partial charge >= 0.3 is 0 Å². The van der Waals surface area contributed by atoms with Crippen LogP contribution in [0.1, 0.15) is 23.7 Å². The molecule has 0 aliphatic heterocycles. The summed E-state index contributed by atoms with van der Waals surface area (Å²) in [4.78, 5) is 17.4. The number of hydrogen-bond acceptors (Lipinski definition) is 5.